The highest BCUT2D eigenvalue weighted by Crippen LogP contribution is 2.28. The van der Waals surface area contributed by atoms with Gasteiger partial charge in [0.15, 0.2) is 22.1 Å². The summed E-state index contributed by atoms with van der Waals surface area (Å²) in [5.41, 5.74) is 2.54. The van der Waals surface area contributed by atoms with Crippen LogP contribution in [-0.2, 0) is 14.6 Å². The molecule has 248 valence electrons. The van der Waals surface area contributed by atoms with Crippen molar-refractivity contribution in [3.8, 4) is 5.75 Å². The summed E-state index contributed by atoms with van der Waals surface area (Å²) in [6.07, 6.45) is 4.34. The summed E-state index contributed by atoms with van der Waals surface area (Å²) in [6, 6.07) is 7.58. The minimum absolute atomic E-state index is 0. The molecule has 2 aromatic heterocycles. The van der Waals surface area contributed by atoms with Crippen LogP contribution in [0.4, 0.5) is 10.2 Å². The number of carbonyl (C=O) groups is 2. The van der Waals surface area contributed by atoms with Crippen LogP contribution in [0.25, 0.3) is 0 Å². The van der Waals surface area contributed by atoms with Crippen molar-refractivity contribution in [2.75, 3.05) is 37.8 Å². The Labute approximate surface area is 275 Å². The number of aromatic nitrogens is 2. The number of nitrogens with zero attached hydrogens (tertiary/aromatic N) is 4. The molecular formula is C33H42ClFN5O5S+. The van der Waals surface area contributed by atoms with Crippen LogP contribution in [0, 0.1) is 19.7 Å². The van der Waals surface area contributed by atoms with E-state index in [9.17, 15) is 22.4 Å². The third-order valence-electron chi connectivity index (χ3n) is 6.99. The lowest BCUT2D eigenvalue weighted by molar-refractivity contribution is -0.451. The molecular weight excluding hydrogens is 633 g/mol. The summed E-state index contributed by atoms with van der Waals surface area (Å²) in [5.74, 6) is -0.687. The van der Waals surface area contributed by atoms with Gasteiger partial charge in [0, 0.05) is 32.0 Å². The zero-order valence-corrected chi connectivity index (χ0v) is 27.8. The molecule has 1 atom stereocenters. The van der Waals surface area contributed by atoms with Gasteiger partial charge in [-0.2, -0.15) is 4.58 Å². The number of halogens is 2. The van der Waals surface area contributed by atoms with E-state index in [4.69, 9.17) is 16.3 Å². The van der Waals surface area contributed by atoms with Crippen LogP contribution in [-0.4, -0.2) is 77.8 Å². The molecule has 0 spiro atoms. The molecule has 1 unspecified atom stereocenters. The Bertz CT molecular complexity index is 1750. The number of sulfone groups is 1. The maximum atomic E-state index is 14.4. The van der Waals surface area contributed by atoms with Gasteiger partial charge >= 0.3 is 5.91 Å². The predicted octanol–water partition coefficient (Wildman–Crippen LogP) is 5.83. The monoisotopic (exact) mass is 674 g/mol. The molecule has 10 nitrogen and oxygen atoms in total. The Hall–Kier alpha value is -4.00. The van der Waals surface area contributed by atoms with Crippen molar-refractivity contribution >= 4 is 44.8 Å². The number of ether oxygens (including phenoxy) is 1. The van der Waals surface area contributed by atoms with Crippen LogP contribution in [0.2, 0.25) is 5.02 Å². The molecule has 1 N–H and O–H groups in total. The molecule has 4 rings (SSSR count). The first-order valence-electron chi connectivity index (χ1n) is 14.3. The van der Waals surface area contributed by atoms with E-state index in [1.165, 1.54) is 36.7 Å². The highest BCUT2D eigenvalue weighted by molar-refractivity contribution is 7.90. The number of aryl methyl sites for hydroxylation is 2. The molecule has 0 fully saturated rings. The number of benzene rings is 1. The first kappa shape index (κ1) is 38.2. The van der Waals surface area contributed by atoms with Crippen LogP contribution in [0.1, 0.15) is 61.5 Å². The molecule has 1 aliphatic rings. The predicted molar refractivity (Wildman–Crippen MR) is 179 cm³/mol. The third kappa shape index (κ3) is 9.51. The minimum atomic E-state index is -3.44. The Morgan fingerprint density at radius 2 is 1.85 bits per heavy atom. The zero-order valence-electron chi connectivity index (χ0n) is 26.2. The van der Waals surface area contributed by atoms with Crippen molar-refractivity contribution in [3.63, 3.8) is 0 Å². The second-order valence-electron chi connectivity index (χ2n) is 10.3. The molecule has 13 heteroatoms. The highest BCUT2D eigenvalue weighted by atomic mass is 35.5. The van der Waals surface area contributed by atoms with E-state index >= 15 is 0 Å². The number of pyridine rings is 2. The maximum absolute atomic E-state index is 14.4. The van der Waals surface area contributed by atoms with E-state index in [1.807, 2.05) is 20.8 Å². The Kier molecular flexibility index (Phi) is 13.7. The summed E-state index contributed by atoms with van der Waals surface area (Å²) in [4.78, 5) is 35.7. The maximum Gasteiger partial charge on any atom is 0.411 e. The number of nitrogens with one attached hydrogen (secondary N) is 1. The molecule has 3 aromatic rings. The quantitative estimate of drug-likeness (QED) is 0.223. The smallest absolute Gasteiger partial charge is 0.411 e. The topological polar surface area (TPSA) is 122 Å². The van der Waals surface area contributed by atoms with Crippen molar-refractivity contribution in [3.05, 3.63) is 88.6 Å². The van der Waals surface area contributed by atoms with E-state index in [2.05, 4.69) is 26.8 Å². The number of carbonyl (C=O) groups excluding carboxylic acids is 2. The van der Waals surface area contributed by atoms with Gasteiger partial charge < -0.3 is 10.1 Å². The molecule has 0 radical (unpaired) electrons. The van der Waals surface area contributed by atoms with Crippen LogP contribution < -0.4 is 10.1 Å². The number of anilines is 1. The largest absolute Gasteiger partial charge is 0.483 e. The van der Waals surface area contributed by atoms with E-state index in [-0.39, 0.29) is 34.8 Å². The van der Waals surface area contributed by atoms with E-state index in [1.54, 1.807) is 30.6 Å². The van der Waals surface area contributed by atoms with E-state index in [0.29, 0.717) is 48.6 Å². The summed E-state index contributed by atoms with van der Waals surface area (Å²) >= 11 is 5.92. The van der Waals surface area contributed by atoms with Gasteiger partial charge in [0.1, 0.15) is 29.2 Å². The average molecular weight is 675 g/mol. The first-order chi connectivity index (χ1) is 21.3. The number of amides is 2. The van der Waals surface area contributed by atoms with Crippen molar-refractivity contribution < 1.29 is 31.7 Å². The molecule has 0 aliphatic carbocycles. The summed E-state index contributed by atoms with van der Waals surface area (Å²) in [7, 11) is -3.44. The fraction of sp³-hybridized carbons (Fsp3) is 0.364. The lowest BCUT2D eigenvalue weighted by Gasteiger charge is -2.29. The van der Waals surface area contributed by atoms with Crippen molar-refractivity contribution in [1.82, 2.24) is 14.9 Å². The second kappa shape index (κ2) is 16.5. The van der Waals surface area contributed by atoms with Crippen molar-refractivity contribution in [1.29, 1.82) is 0 Å². The number of rotatable bonds is 9. The SMILES string of the molecule is C.C=CC(=O)[N+]1=C(C)CN(CC(Oc2cnc(C(=O)Nc3ncc(S(C)(=O)=O)cc3C)c(C)c2)c2ccc(Cl)c(F)c2)CC1.CC. The number of hydrogen-bond donors (Lipinski definition) is 1. The van der Waals surface area contributed by atoms with Gasteiger partial charge in [0.25, 0.3) is 5.91 Å². The van der Waals surface area contributed by atoms with Gasteiger partial charge in [-0.05, 0) is 54.8 Å². The normalized spacial score (nSPS) is 13.9. The molecule has 2 amide bonds. The number of hydrogen-bond acceptors (Lipinski definition) is 8. The van der Waals surface area contributed by atoms with Gasteiger partial charge in [-0.1, -0.05) is 45.5 Å². The summed E-state index contributed by atoms with van der Waals surface area (Å²) < 4.78 is 46.0. The summed E-state index contributed by atoms with van der Waals surface area (Å²) in [5, 5.41) is 2.66. The fourth-order valence-electron chi connectivity index (χ4n) is 4.71. The molecule has 3 heterocycles. The van der Waals surface area contributed by atoms with Crippen LogP contribution >= 0.6 is 11.6 Å². The van der Waals surface area contributed by atoms with Crippen molar-refractivity contribution in [2.24, 2.45) is 0 Å². The second-order valence-corrected chi connectivity index (χ2v) is 12.8. The fourth-order valence-corrected chi connectivity index (χ4v) is 5.46. The van der Waals surface area contributed by atoms with Gasteiger partial charge in [0.05, 0.1) is 29.2 Å². The average Bonchev–Trinajstić information content (AvgIpc) is 2.99. The lowest BCUT2D eigenvalue weighted by Crippen LogP contribution is -2.47. The lowest BCUT2D eigenvalue weighted by atomic mass is 10.1. The van der Waals surface area contributed by atoms with E-state index < -0.39 is 27.7 Å². The minimum Gasteiger partial charge on any atom is -0.483 e. The Morgan fingerprint density at radius 1 is 1.15 bits per heavy atom. The van der Waals surface area contributed by atoms with Gasteiger partial charge in [-0.25, -0.2) is 27.6 Å². The zero-order chi connectivity index (χ0) is 33.5. The third-order valence-corrected chi connectivity index (χ3v) is 8.38. The molecule has 0 saturated heterocycles. The highest BCUT2D eigenvalue weighted by Gasteiger charge is 2.29. The first-order valence-corrected chi connectivity index (χ1v) is 16.6. The van der Waals surface area contributed by atoms with E-state index in [0.717, 1.165) is 12.0 Å². The van der Waals surface area contributed by atoms with Gasteiger partial charge in [0.2, 0.25) is 0 Å². The van der Waals surface area contributed by atoms with Crippen LogP contribution in [0.15, 0.2) is 60.3 Å². The Morgan fingerprint density at radius 3 is 2.41 bits per heavy atom. The van der Waals surface area contributed by atoms with Crippen molar-refractivity contribution in [2.45, 2.75) is 53.0 Å². The van der Waals surface area contributed by atoms with Gasteiger partial charge in [-0.3, -0.25) is 9.69 Å². The van der Waals surface area contributed by atoms with Crippen LogP contribution in [0.3, 0.4) is 0 Å². The molecule has 46 heavy (non-hydrogen) atoms. The molecule has 1 aromatic carbocycles. The standard InChI is InChI=1S/C30H31ClFN5O5S.C2H6.CH4/c1-6-27(38)37-10-9-36(16-20(37)4)17-26(21-7-8-24(31)25(32)13-21)42-22-11-18(2)28(33-14-22)30(39)35-29-19(3)12-23(15-34-29)43(5,40)41;1-2;/h6-8,11-15,26H,1,9-10,16-17H2,2-5H3;1-2H3;1H4/p+1. The molecule has 0 bridgehead atoms. The summed E-state index contributed by atoms with van der Waals surface area (Å²) in [6.45, 7) is 14.7. The van der Waals surface area contributed by atoms with Crippen LogP contribution in [0.5, 0.6) is 5.75 Å². The molecule has 0 saturated carbocycles. The molecule has 1 aliphatic heterocycles. The van der Waals surface area contributed by atoms with Gasteiger partial charge in [-0.15, -0.1) is 0 Å². The Balaban J connectivity index is 0.00000241.